The van der Waals surface area contributed by atoms with Gasteiger partial charge in [0.1, 0.15) is 0 Å². The average molecular weight is 290 g/mol. The third-order valence-electron chi connectivity index (χ3n) is 4.68. The molecule has 1 saturated carbocycles. The Hall–Kier alpha value is -1.91. The van der Waals surface area contributed by atoms with Gasteiger partial charge in [-0.2, -0.15) is 0 Å². The van der Waals surface area contributed by atoms with Crippen LogP contribution < -0.4 is 20.1 Å². The zero-order valence-electron chi connectivity index (χ0n) is 12.6. The van der Waals surface area contributed by atoms with Gasteiger partial charge >= 0.3 is 0 Å². The Morgan fingerprint density at radius 1 is 1.00 bits per heavy atom. The zero-order valence-corrected chi connectivity index (χ0v) is 12.6. The topological polar surface area (TPSA) is 59.6 Å². The Balaban J connectivity index is 1.94. The summed E-state index contributed by atoms with van der Waals surface area (Å²) >= 11 is 0. The van der Waals surface area contributed by atoms with Gasteiger partial charge in [0.2, 0.25) is 5.91 Å². The van der Waals surface area contributed by atoms with E-state index in [9.17, 15) is 4.79 Å². The number of amides is 1. The normalized spacial score (nSPS) is 20.0. The molecular weight excluding hydrogens is 268 g/mol. The number of methoxy groups -OCH3 is 2. The molecule has 0 aromatic heterocycles. The molecule has 0 unspecified atom stereocenters. The molecule has 2 N–H and O–H groups in total. The number of carbonyl (C=O) groups is 1. The van der Waals surface area contributed by atoms with E-state index in [-0.39, 0.29) is 11.3 Å². The number of rotatable bonds is 2. The Morgan fingerprint density at radius 2 is 1.62 bits per heavy atom. The van der Waals surface area contributed by atoms with Crippen LogP contribution in [0, 0.1) is 5.41 Å². The van der Waals surface area contributed by atoms with E-state index in [1.54, 1.807) is 14.2 Å². The van der Waals surface area contributed by atoms with Crippen LogP contribution in [0.1, 0.15) is 32.1 Å². The fourth-order valence-corrected chi connectivity index (χ4v) is 3.36. The SMILES string of the molecule is COc1cc2c(cc1OC)NC(=O)C1(CCCCC1)CN2. The second-order valence-electron chi connectivity index (χ2n) is 5.90. The summed E-state index contributed by atoms with van der Waals surface area (Å²) in [5.41, 5.74) is 1.38. The molecule has 5 nitrogen and oxygen atoms in total. The fourth-order valence-electron chi connectivity index (χ4n) is 3.36. The standard InChI is InChI=1S/C16H22N2O3/c1-20-13-8-11-12(9-14(13)21-2)18-15(19)16(10-17-11)6-4-3-5-7-16/h8-9,17H,3-7,10H2,1-2H3,(H,18,19). The fraction of sp³-hybridized carbons (Fsp3) is 0.562. The van der Waals surface area contributed by atoms with E-state index in [0.29, 0.717) is 18.0 Å². The molecule has 1 aromatic carbocycles. The maximum Gasteiger partial charge on any atom is 0.232 e. The summed E-state index contributed by atoms with van der Waals surface area (Å²) < 4.78 is 10.6. The Bertz CT molecular complexity index is 551. The second-order valence-corrected chi connectivity index (χ2v) is 5.90. The number of carbonyl (C=O) groups excluding carboxylic acids is 1. The predicted molar refractivity (Wildman–Crippen MR) is 82.2 cm³/mol. The van der Waals surface area contributed by atoms with Crippen LogP contribution in [0.2, 0.25) is 0 Å². The smallest absolute Gasteiger partial charge is 0.232 e. The van der Waals surface area contributed by atoms with Crippen molar-refractivity contribution in [3.8, 4) is 11.5 Å². The molecule has 0 saturated heterocycles. The van der Waals surface area contributed by atoms with Crippen LogP contribution in [0.15, 0.2) is 12.1 Å². The third-order valence-corrected chi connectivity index (χ3v) is 4.68. The quantitative estimate of drug-likeness (QED) is 0.879. The largest absolute Gasteiger partial charge is 0.493 e. The Labute approximate surface area is 125 Å². The number of hydrogen-bond acceptors (Lipinski definition) is 4. The highest BCUT2D eigenvalue weighted by Gasteiger charge is 2.41. The number of fused-ring (bicyclic) bond motifs is 1. The first-order valence-corrected chi connectivity index (χ1v) is 7.50. The van der Waals surface area contributed by atoms with Gasteiger partial charge in [0, 0.05) is 18.7 Å². The zero-order chi connectivity index (χ0) is 14.9. The Morgan fingerprint density at radius 3 is 2.24 bits per heavy atom. The maximum absolute atomic E-state index is 12.7. The van der Waals surface area contributed by atoms with Crippen LogP contribution in [0.25, 0.3) is 0 Å². The summed E-state index contributed by atoms with van der Waals surface area (Å²) in [7, 11) is 3.21. The van der Waals surface area contributed by atoms with Gasteiger partial charge in [0.15, 0.2) is 11.5 Å². The monoisotopic (exact) mass is 290 g/mol. The summed E-state index contributed by atoms with van der Waals surface area (Å²) in [5.74, 6) is 1.41. The molecule has 0 radical (unpaired) electrons. The average Bonchev–Trinajstić information content (AvgIpc) is 2.65. The van der Waals surface area contributed by atoms with Crippen LogP contribution >= 0.6 is 0 Å². The van der Waals surface area contributed by atoms with Crippen LogP contribution in [0.3, 0.4) is 0 Å². The molecule has 1 aliphatic heterocycles. The number of hydrogen-bond donors (Lipinski definition) is 2. The lowest BCUT2D eigenvalue weighted by Crippen LogP contribution is -2.41. The molecule has 114 valence electrons. The number of anilines is 2. The molecule has 21 heavy (non-hydrogen) atoms. The minimum Gasteiger partial charge on any atom is -0.493 e. The molecule has 1 fully saturated rings. The lowest BCUT2D eigenvalue weighted by Gasteiger charge is -2.34. The van der Waals surface area contributed by atoms with E-state index in [2.05, 4.69) is 10.6 Å². The minimum absolute atomic E-state index is 0.126. The van der Waals surface area contributed by atoms with Crippen LogP contribution in [-0.2, 0) is 4.79 Å². The van der Waals surface area contributed by atoms with Gasteiger partial charge in [-0.15, -0.1) is 0 Å². The molecule has 2 aliphatic rings. The summed E-state index contributed by atoms with van der Waals surface area (Å²) in [6.07, 6.45) is 5.38. The predicted octanol–water partition coefficient (Wildman–Crippen LogP) is 3.02. The number of ether oxygens (including phenoxy) is 2. The van der Waals surface area contributed by atoms with E-state index in [1.165, 1.54) is 6.42 Å². The van der Waals surface area contributed by atoms with E-state index in [4.69, 9.17) is 9.47 Å². The molecule has 0 bridgehead atoms. The van der Waals surface area contributed by atoms with Gasteiger partial charge in [0.25, 0.3) is 0 Å². The summed E-state index contributed by atoms with van der Waals surface area (Å²) in [4.78, 5) is 12.7. The van der Waals surface area contributed by atoms with Crippen molar-refractivity contribution in [2.75, 3.05) is 31.4 Å². The van der Waals surface area contributed by atoms with E-state index in [0.717, 1.165) is 37.1 Å². The lowest BCUT2D eigenvalue weighted by molar-refractivity contribution is -0.126. The van der Waals surface area contributed by atoms with E-state index >= 15 is 0 Å². The van der Waals surface area contributed by atoms with Gasteiger partial charge < -0.3 is 20.1 Å². The summed E-state index contributed by atoms with van der Waals surface area (Å²) in [6.45, 7) is 0.682. The maximum atomic E-state index is 12.7. The molecule has 5 heteroatoms. The Kier molecular flexibility index (Phi) is 3.66. The molecule has 1 aromatic rings. The first-order chi connectivity index (χ1) is 10.2. The van der Waals surface area contributed by atoms with Crippen LogP contribution in [0.4, 0.5) is 11.4 Å². The van der Waals surface area contributed by atoms with Gasteiger partial charge in [-0.3, -0.25) is 4.79 Å². The molecule has 3 rings (SSSR count). The molecule has 1 spiro atoms. The highest BCUT2D eigenvalue weighted by Crippen LogP contribution is 2.43. The van der Waals surface area contributed by atoms with Crippen molar-refractivity contribution in [3.63, 3.8) is 0 Å². The first kappa shape index (κ1) is 14.0. The van der Waals surface area contributed by atoms with Crippen molar-refractivity contribution in [2.45, 2.75) is 32.1 Å². The van der Waals surface area contributed by atoms with Crippen molar-refractivity contribution < 1.29 is 14.3 Å². The van der Waals surface area contributed by atoms with Crippen molar-refractivity contribution >= 4 is 17.3 Å². The van der Waals surface area contributed by atoms with Crippen molar-refractivity contribution in [1.82, 2.24) is 0 Å². The second kappa shape index (κ2) is 5.47. The molecule has 0 atom stereocenters. The van der Waals surface area contributed by atoms with Crippen LogP contribution in [-0.4, -0.2) is 26.7 Å². The first-order valence-electron chi connectivity index (χ1n) is 7.50. The van der Waals surface area contributed by atoms with E-state index < -0.39 is 0 Å². The number of nitrogens with one attached hydrogen (secondary N) is 2. The van der Waals surface area contributed by atoms with Gasteiger partial charge in [0.05, 0.1) is 31.0 Å². The van der Waals surface area contributed by atoms with Crippen molar-refractivity contribution in [3.05, 3.63) is 12.1 Å². The van der Waals surface area contributed by atoms with Gasteiger partial charge in [-0.25, -0.2) is 0 Å². The highest BCUT2D eigenvalue weighted by atomic mass is 16.5. The van der Waals surface area contributed by atoms with Gasteiger partial charge in [-0.1, -0.05) is 19.3 Å². The molecule has 1 amide bonds. The van der Waals surface area contributed by atoms with Crippen molar-refractivity contribution in [1.29, 1.82) is 0 Å². The molecule has 1 aliphatic carbocycles. The molecular formula is C16H22N2O3. The highest BCUT2D eigenvalue weighted by molar-refractivity contribution is 6.00. The third kappa shape index (κ3) is 2.41. The lowest BCUT2D eigenvalue weighted by atomic mass is 9.73. The summed E-state index contributed by atoms with van der Waals surface area (Å²) in [6, 6.07) is 3.71. The summed E-state index contributed by atoms with van der Waals surface area (Å²) in [5, 5.41) is 6.50. The molecule has 1 heterocycles. The van der Waals surface area contributed by atoms with E-state index in [1.807, 2.05) is 12.1 Å². The van der Waals surface area contributed by atoms with Crippen molar-refractivity contribution in [2.24, 2.45) is 5.41 Å². The van der Waals surface area contributed by atoms with Gasteiger partial charge in [-0.05, 0) is 12.8 Å². The van der Waals surface area contributed by atoms with Crippen LogP contribution in [0.5, 0.6) is 11.5 Å². The number of benzene rings is 1. The minimum atomic E-state index is -0.280.